The fourth-order valence-electron chi connectivity index (χ4n) is 2.14. The van der Waals surface area contributed by atoms with E-state index in [1.165, 1.54) is 12.1 Å². The minimum atomic E-state index is -3.87. The van der Waals surface area contributed by atoms with Gasteiger partial charge in [0.15, 0.2) is 0 Å². The van der Waals surface area contributed by atoms with Gasteiger partial charge in [-0.2, -0.15) is 0 Å². The number of esters is 1. The predicted octanol–water partition coefficient (Wildman–Crippen LogP) is 0.347. The molecule has 1 aromatic rings. The molecule has 2 rings (SSSR count). The van der Waals surface area contributed by atoms with E-state index in [-0.39, 0.29) is 17.1 Å². The Morgan fingerprint density at radius 2 is 2.05 bits per heavy atom. The van der Waals surface area contributed by atoms with E-state index in [4.69, 9.17) is 14.6 Å². The molecule has 1 aliphatic rings. The number of primary sulfonamides is 1. The zero-order valence-electron chi connectivity index (χ0n) is 11.7. The number of nitrogens with two attached hydrogens (primary N) is 1. The molecule has 0 bridgehead atoms. The zero-order valence-corrected chi connectivity index (χ0v) is 12.6. The topological polar surface area (TPSA) is 98.9 Å². The molecule has 0 saturated carbocycles. The third-order valence-corrected chi connectivity index (χ3v) is 4.05. The van der Waals surface area contributed by atoms with E-state index in [9.17, 15) is 13.2 Å². The van der Waals surface area contributed by atoms with E-state index in [1.54, 1.807) is 13.0 Å². The van der Waals surface area contributed by atoms with Crippen LogP contribution in [0.2, 0.25) is 0 Å². The van der Waals surface area contributed by atoms with E-state index in [0.29, 0.717) is 32.0 Å². The van der Waals surface area contributed by atoms with Gasteiger partial charge in [0.25, 0.3) is 0 Å². The number of carbonyl (C=O) groups excluding carboxylic acids is 1. The molecule has 0 spiro atoms. The predicted molar refractivity (Wildman–Crippen MR) is 76.8 cm³/mol. The number of benzene rings is 1. The third-order valence-electron chi connectivity index (χ3n) is 3.14. The number of carbonyl (C=O) groups is 1. The standard InChI is InChI=1S/C13H18N2O5S/c1-2-20-13(16)11-9-10(21(14,17)18)3-4-12(11)15-5-7-19-8-6-15/h3-4,9H,2,5-8H2,1H3,(H2,14,17,18). The van der Waals surface area contributed by atoms with Gasteiger partial charge in [0.2, 0.25) is 10.0 Å². The average molecular weight is 314 g/mol. The first-order chi connectivity index (χ1) is 9.93. The van der Waals surface area contributed by atoms with Crippen molar-refractivity contribution in [1.29, 1.82) is 0 Å². The Kier molecular flexibility index (Phi) is 4.81. The summed E-state index contributed by atoms with van der Waals surface area (Å²) in [6, 6.07) is 4.23. The summed E-state index contributed by atoms with van der Waals surface area (Å²) in [4.78, 5) is 13.9. The Balaban J connectivity index is 2.45. The maximum Gasteiger partial charge on any atom is 0.340 e. The molecule has 1 fully saturated rings. The van der Waals surface area contributed by atoms with Crippen LogP contribution in [0.4, 0.5) is 5.69 Å². The summed E-state index contributed by atoms with van der Waals surface area (Å²) in [6.07, 6.45) is 0. The molecule has 1 heterocycles. The maximum atomic E-state index is 12.1. The van der Waals surface area contributed by atoms with E-state index >= 15 is 0 Å². The largest absolute Gasteiger partial charge is 0.462 e. The molecule has 0 amide bonds. The van der Waals surface area contributed by atoms with Crippen molar-refractivity contribution in [3.63, 3.8) is 0 Å². The second-order valence-electron chi connectivity index (χ2n) is 4.54. The number of anilines is 1. The van der Waals surface area contributed by atoms with Crippen LogP contribution in [-0.4, -0.2) is 47.3 Å². The average Bonchev–Trinajstić information content (AvgIpc) is 2.47. The Labute approximate surface area is 123 Å². The highest BCUT2D eigenvalue weighted by atomic mass is 32.2. The molecule has 7 nitrogen and oxygen atoms in total. The first-order valence-corrected chi connectivity index (χ1v) is 8.14. The van der Waals surface area contributed by atoms with Gasteiger partial charge >= 0.3 is 5.97 Å². The van der Waals surface area contributed by atoms with Gasteiger partial charge in [-0.05, 0) is 25.1 Å². The summed E-state index contributed by atoms with van der Waals surface area (Å²) in [7, 11) is -3.87. The highest BCUT2D eigenvalue weighted by Gasteiger charge is 2.22. The van der Waals surface area contributed by atoms with Crippen LogP contribution in [0.15, 0.2) is 23.1 Å². The minimum Gasteiger partial charge on any atom is -0.462 e. The van der Waals surface area contributed by atoms with Crippen LogP contribution in [-0.2, 0) is 19.5 Å². The van der Waals surface area contributed by atoms with Crippen molar-refractivity contribution in [2.45, 2.75) is 11.8 Å². The minimum absolute atomic E-state index is 0.109. The lowest BCUT2D eigenvalue weighted by atomic mass is 10.1. The van der Waals surface area contributed by atoms with E-state index in [2.05, 4.69) is 0 Å². The highest BCUT2D eigenvalue weighted by Crippen LogP contribution is 2.25. The molecule has 1 saturated heterocycles. The van der Waals surface area contributed by atoms with Gasteiger partial charge in [-0.1, -0.05) is 0 Å². The molecule has 1 aromatic carbocycles. The fraction of sp³-hybridized carbons (Fsp3) is 0.462. The molecular weight excluding hydrogens is 296 g/mol. The van der Waals surface area contributed by atoms with Crippen molar-refractivity contribution in [3.05, 3.63) is 23.8 Å². The molecule has 0 aromatic heterocycles. The number of morpholine rings is 1. The Morgan fingerprint density at radius 1 is 1.38 bits per heavy atom. The molecule has 0 atom stereocenters. The molecule has 2 N–H and O–H groups in total. The summed E-state index contributed by atoms with van der Waals surface area (Å²) in [5.74, 6) is -0.565. The zero-order chi connectivity index (χ0) is 15.5. The van der Waals surface area contributed by atoms with Crippen LogP contribution in [0.5, 0.6) is 0 Å². The number of nitrogens with zero attached hydrogens (tertiary/aromatic N) is 1. The monoisotopic (exact) mass is 314 g/mol. The van der Waals surface area contributed by atoms with Crippen LogP contribution in [0, 0.1) is 0 Å². The number of rotatable bonds is 4. The van der Waals surface area contributed by atoms with E-state index in [1.807, 2.05) is 4.90 Å². The van der Waals surface area contributed by atoms with Gasteiger partial charge in [0.1, 0.15) is 0 Å². The summed E-state index contributed by atoms with van der Waals surface area (Å²) in [5.41, 5.74) is 0.828. The van der Waals surface area contributed by atoms with E-state index < -0.39 is 16.0 Å². The van der Waals surface area contributed by atoms with Gasteiger partial charge in [-0.25, -0.2) is 18.4 Å². The Morgan fingerprint density at radius 3 is 2.62 bits per heavy atom. The quantitative estimate of drug-likeness (QED) is 0.805. The lowest BCUT2D eigenvalue weighted by molar-refractivity contribution is 0.0526. The molecule has 8 heteroatoms. The SMILES string of the molecule is CCOC(=O)c1cc(S(N)(=O)=O)ccc1N1CCOCC1. The Hall–Kier alpha value is -1.64. The second-order valence-corrected chi connectivity index (χ2v) is 6.11. The summed E-state index contributed by atoms with van der Waals surface area (Å²) >= 11 is 0. The number of sulfonamides is 1. The smallest absolute Gasteiger partial charge is 0.340 e. The van der Waals surface area contributed by atoms with Crippen molar-refractivity contribution >= 4 is 21.7 Å². The van der Waals surface area contributed by atoms with Crippen LogP contribution in [0.3, 0.4) is 0 Å². The fourth-order valence-corrected chi connectivity index (χ4v) is 2.68. The van der Waals surface area contributed by atoms with E-state index in [0.717, 1.165) is 0 Å². The van der Waals surface area contributed by atoms with Crippen LogP contribution in [0.1, 0.15) is 17.3 Å². The van der Waals surface area contributed by atoms with Gasteiger partial charge in [-0.3, -0.25) is 0 Å². The Bertz CT molecular complexity index is 623. The van der Waals surface area contributed by atoms with Crippen LogP contribution < -0.4 is 10.0 Å². The second kappa shape index (κ2) is 6.42. The highest BCUT2D eigenvalue weighted by molar-refractivity contribution is 7.89. The first kappa shape index (κ1) is 15.7. The van der Waals surface area contributed by atoms with Crippen LogP contribution >= 0.6 is 0 Å². The normalized spacial score (nSPS) is 15.8. The van der Waals surface area contributed by atoms with Gasteiger partial charge in [-0.15, -0.1) is 0 Å². The summed E-state index contributed by atoms with van der Waals surface area (Å²) < 4.78 is 33.2. The number of hydrogen-bond acceptors (Lipinski definition) is 6. The van der Waals surface area contributed by atoms with Crippen molar-refractivity contribution in [1.82, 2.24) is 0 Å². The summed E-state index contributed by atoms with van der Waals surface area (Å²) in [6.45, 7) is 4.26. The van der Waals surface area contributed by atoms with Gasteiger partial charge in [0.05, 0.1) is 36.0 Å². The lowest BCUT2D eigenvalue weighted by Gasteiger charge is -2.30. The van der Waals surface area contributed by atoms with Gasteiger partial charge < -0.3 is 14.4 Å². The number of ether oxygens (including phenoxy) is 2. The number of hydrogen-bond donors (Lipinski definition) is 1. The van der Waals surface area contributed by atoms with Gasteiger partial charge in [0, 0.05) is 13.1 Å². The van der Waals surface area contributed by atoms with Crippen molar-refractivity contribution in [3.8, 4) is 0 Å². The third kappa shape index (κ3) is 3.72. The molecule has 0 aliphatic carbocycles. The van der Waals surface area contributed by atoms with Crippen molar-refractivity contribution in [2.75, 3.05) is 37.8 Å². The maximum absolute atomic E-state index is 12.1. The molecule has 1 aliphatic heterocycles. The van der Waals surface area contributed by atoms with Crippen LogP contribution in [0.25, 0.3) is 0 Å². The molecule has 0 unspecified atom stereocenters. The lowest BCUT2D eigenvalue weighted by Crippen LogP contribution is -2.37. The molecule has 21 heavy (non-hydrogen) atoms. The molecule has 0 radical (unpaired) electrons. The molecular formula is C13H18N2O5S. The van der Waals surface area contributed by atoms with Crippen molar-refractivity contribution < 1.29 is 22.7 Å². The summed E-state index contributed by atoms with van der Waals surface area (Å²) in [5, 5.41) is 5.11. The molecule has 116 valence electrons. The first-order valence-electron chi connectivity index (χ1n) is 6.60. The van der Waals surface area contributed by atoms with Crippen molar-refractivity contribution in [2.24, 2.45) is 5.14 Å².